The Balaban J connectivity index is 2.13. The summed E-state index contributed by atoms with van der Waals surface area (Å²) in [5.41, 5.74) is 0.0840. The Morgan fingerprint density at radius 1 is 1.43 bits per heavy atom. The van der Waals surface area contributed by atoms with Crippen molar-refractivity contribution < 1.29 is 19.0 Å². The molecule has 1 fully saturated rings. The van der Waals surface area contributed by atoms with E-state index in [4.69, 9.17) is 4.74 Å². The molecule has 1 atom stereocenters. The van der Waals surface area contributed by atoms with Crippen LogP contribution in [0, 0.1) is 5.82 Å². The topological polar surface area (TPSA) is 61.8 Å². The van der Waals surface area contributed by atoms with E-state index in [-0.39, 0.29) is 24.3 Å². The largest absolute Gasteiger partial charge is 0.497 e. The van der Waals surface area contributed by atoms with Crippen LogP contribution in [0.5, 0.6) is 5.75 Å². The smallest absolute Gasteiger partial charge is 0.322 e. The molecular weight excluding hydrogens is 299 g/mol. The highest BCUT2D eigenvalue weighted by molar-refractivity contribution is 5.90. The molecule has 0 saturated heterocycles. The lowest BCUT2D eigenvalue weighted by Gasteiger charge is -2.35. The van der Waals surface area contributed by atoms with Crippen LogP contribution in [0.1, 0.15) is 39.0 Å². The van der Waals surface area contributed by atoms with Crippen LogP contribution in [0.4, 0.5) is 14.9 Å². The summed E-state index contributed by atoms with van der Waals surface area (Å²) in [4.78, 5) is 14.2. The van der Waals surface area contributed by atoms with Gasteiger partial charge < -0.3 is 20.1 Å². The number of nitrogens with zero attached hydrogens (tertiary/aromatic N) is 1. The molecule has 23 heavy (non-hydrogen) atoms. The zero-order valence-corrected chi connectivity index (χ0v) is 13.7. The minimum Gasteiger partial charge on any atom is -0.497 e. The summed E-state index contributed by atoms with van der Waals surface area (Å²) in [6.07, 6.45) is 4.52. The standard InChI is InChI=1S/C17H25FN2O3/c1-12(21)11-20(13-6-4-3-5-7-13)17(22)19-16-10-14(23-2)8-9-15(16)18/h8-10,12-13,21H,3-7,11H2,1-2H3,(H,19,22). The number of carbonyl (C=O) groups is 1. The molecule has 128 valence electrons. The Morgan fingerprint density at radius 2 is 2.13 bits per heavy atom. The van der Waals surface area contributed by atoms with Gasteiger partial charge in [0.05, 0.1) is 18.9 Å². The number of anilines is 1. The Bertz CT molecular complexity index is 531. The molecule has 1 aromatic carbocycles. The zero-order chi connectivity index (χ0) is 16.8. The SMILES string of the molecule is COc1ccc(F)c(NC(=O)N(CC(C)O)C2CCCCC2)c1. The second-order valence-electron chi connectivity index (χ2n) is 6.07. The molecule has 1 aliphatic rings. The maximum atomic E-state index is 13.9. The van der Waals surface area contributed by atoms with Gasteiger partial charge in [-0.2, -0.15) is 0 Å². The fraction of sp³-hybridized carbons (Fsp3) is 0.588. The molecular formula is C17H25FN2O3. The third kappa shape index (κ3) is 4.82. The van der Waals surface area contributed by atoms with Gasteiger partial charge in [0, 0.05) is 18.7 Å². The van der Waals surface area contributed by atoms with E-state index in [2.05, 4.69) is 5.32 Å². The molecule has 1 saturated carbocycles. The molecule has 0 spiro atoms. The van der Waals surface area contributed by atoms with Crippen LogP contribution in [0.3, 0.4) is 0 Å². The highest BCUT2D eigenvalue weighted by atomic mass is 19.1. The lowest BCUT2D eigenvalue weighted by molar-refractivity contribution is 0.105. The van der Waals surface area contributed by atoms with Crippen LogP contribution in [-0.2, 0) is 0 Å². The summed E-state index contributed by atoms with van der Waals surface area (Å²) in [5, 5.41) is 12.3. The van der Waals surface area contributed by atoms with Gasteiger partial charge in [0.2, 0.25) is 0 Å². The summed E-state index contributed by atoms with van der Waals surface area (Å²) in [6, 6.07) is 3.92. The van der Waals surface area contributed by atoms with Crippen molar-refractivity contribution in [3.05, 3.63) is 24.0 Å². The molecule has 1 aliphatic carbocycles. The summed E-state index contributed by atoms with van der Waals surface area (Å²) < 4.78 is 19.0. The van der Waals surface area contributed by atoms with Crippen molar-refractivity contribution in [3.8, 4) is 5.75 Å². The number of carbonyl (C=O) groups excluding carboxylic acids is 1. The van der Waals surface area contributed by atoms with Gasteiger partial charge in [-0.3, -0.25) is 0 Å². The van der Waals surface area contributed by atoms with E-state index in [1.54, 1.807) is 11.8 Å². The normalized spacial score (nSPS) is 16.7. The third-order valence-corrected chi connectivity index (χ3v) is 4.15. The van der Waals surface area contributed by atoms with E-state index in [9.17, 15) is 14.3 Å². The van der Waals surface area contributed by atoms with Crippen LogP contribution >= 0.6 is 0 Å². The van der Waals surface area contributed by atoms with Gasteiger partial charge in [-0.25, -0.2) is 9.18 Å². The maximum absolute atomic E-state index is 13.9. The predicted molar refractivity (Wildman–Crippen MR) is 87.2 cm³/mol. The fourth-order valence-electron chi connectivity index (χ4n) is 2.99. The second kappa shape index (κ2) is 8.15. The first kappa shape index (κ1) is 17.5. The van der Waals surface area contributed by atoms with Gasteiger partial charge in [-0.05, 0) is 31.9 Å². The number of methoxy groups -OCH3 is 1. The van der Waals surface area contributed by atoms with Crippen molar-refractivity contribution in [2.24, 2.45) is 0 Å². The van der Waals surface area contributed by atoms with Crippen LogP contribution < -0.4 is 10.1 Å². The fourth-order valence-corrected chi connectivity index (χ4v) is 2.99. The minimum absolute atomic E-state index is 0.0840. The van der Waals surface area contributed by atoms with Crippen molar-refractivity contribution in [1.82, 2.24) is 4.90 Å². The van der Waals surface area contributed by atoms with Gasteiger partial charge in [-0.1, -0.05) is 19.3 Å². The van der Waals surface area contributed by atoms with E-state index in [1.165, 1.54) is 31.7 Å². The zero-order valence-electron chi connectivity index (χ0n) is 13.7. The molecule has 2 N–H and O–H groups in total. The van der Waals surface area contributed by atoms with Crippen LogP contribution in [-0.4, -0.2) is 41.8 Å². The van der Waals surface area contributed by atoms with Crippen molar-refractivity contribution in [2.75, 3.05) is 19.0 Å². The number of halogens is 1. The number of aliphatic hydroxyl groups excluding tert-OH is 1. The maximum Gasteiger partial charge on any atom is 0.322 e. The quantitative estimate of drug-likeness (QED) is 0.873. The molecule has 0 bridgehead atoms. The number of benzene rings is 1. The Kier molecular flexibility index (Phi) is 6.21. The number of hydrogen-bond acceptors (Lipinski definition) is 3. The number of aliphatic hydroxyl groups is 1. The lowest BCUT2D eigenvalue weighted by Crippen LogP contribution is -2.47. The molecule has 1 unspecified atom stereocenters. The Labute approximate surface area is 136 Å². The lowest BCUT2D eigenvalue weighted by atomic mass is 9.94. The molecule has 0 radical (unpaired) electrons. The summed E-state index contributed by atoms with van der Waals surface area (Å²) in [5.74, 6) is -0.0405. The van der Waals surface area contributed by atoms with Crippen molar-refractivity contribution >= 4 is 11.7 Å². The summed E-state index contributed by atoms with van der Waals surface area (Å²) in [6.45, 7) is 1.89. The van der Waals surface area contributed by atoms with Gasteiger partial charge in [0.1, 0.15) is 11.6 Å². The average molecular weight is 324 g/mol. The van der Waals surface area contributed by atoms with Crippen molar-refractivity contribution in [3.63, 3.8) is 0 Å². The summed E-state index contributed by atoms with van der Waals surface area (Å²) >= 11 is 0. The number of rotatable bonds is 5. The third-order valence-electron chi connectivity index (χ3n) is 4.15. The highest BCUT2D eigenvalue weighted by Gasteiger charge is 2.27. The molecule has 5 nitrogen and oxygen atoms in total. The van der Waals surface area contributed by atoms with Gasteiger partial charge in [0.15, 0.2) is 0 Å². The first-order valence-electron chi connectivity index (χ1n) is 8.10. The van der Waals surface area contributed by atoms with Crippen LogP contribution in [0.15, 0.2) is 18.2 Å². The van der Waals surface area contributed by atoms with E-state index in [0.717, 1.165) is 25.7 Å². The Morgan fingerprint density at radius 3 is 2.74 bits per heavy atom. The Hall–Kier alpha value is -1.82. The van der Waals surface area contributed by atoms with Gasteiger partial charge in [0.25, 0.3) is 0 Å². The van der Waals surface area contributed by atoms with E-state index >= 15 is 0 Å². The molecule has 6 heteroatoms. The number of hydrogen-bond donors (Lipinski definition) is 2. The van der Waals surface area contributed by atoms with Crippen molar-refractivity contribution in [1.29, 1.82) is 0 Å². The molecule has 0 heterocycles. The monoisotopic (exact) mass is 324 g/mol. The second-order valence-corrected chi connectivity index (χ2v) is 6.07. The van der Waals surface area contributed by atoms with E-state index in [0.29, 0.717) is 5.75 Å². The van der Waals surface area contributed by atoms with Gasteiger partial charge >= 0.3 is 6.03 Å². The molecule has 0 aliphatic heterocycles. The first-order valence-corrected chi connectivity index (χ1v) is 8.10. The minimum atomic E-state index is -0.627. The molecule has 1 aromatic rings. The number of ether oxygens (including phenoxy) is 1. The number of urea groups is 1. The van der Waals surface area contributed by atoms with Crippen LogP contribution in [0.25, 0.3) is 0 Å². The van der Waals surface area contributed by atoms with Crippen LogP contribution in [0.2, 0.25) is 0 Å². The molecule has 2 amide bonds. The number of nitrogens with one attached hydrogen (secondary N) is 1. The van der Waals surface area contributed by atoms with Crippen molar-refractivity contribution in [2.45, 2.75) is 51.2 Å². The van der Waals surface area contributed by atoms with E-state index < -0.39 is 11.9 Å². The van der Waals surface area contributed by atoms with Gasteiger partial charge in [-0.15, -0.1) is 0 Å². The molecule has 2 rings (SSSR count). The van der Waals surface area contributed by atoms with E-state index in [1.807, 2.05) is 0 Å². The first-order chi connectivity index (χ1) is 11.0. The average Bonchev–Trinajstić information content (AvgIpc) is 2.55. The molecule has 0 aromatic heterocycles. The predicted octanol–water partition coefficient (Wildman–Crippen LogP) is 3.38. The summed E-state index contributed by atoms with van der Waals surface area (Å²) in [7, 11) is 1.49. The number of amides is 2. The highest BCUT2D eigenvalue weighted by Crippen LogP contribution is 2.25.